The zero-order chi connectivity index (χ0) is 23.4. The molecule has 9 heteroatoms. The molecule has 164 valence electrons. The van der Waals surface area contributed by atoms with Crippen LogP contribution in [0, 0.1) is 10.1 Å². The highest BCUT2D eigenvalue weighted by atomic mass is 16.6. The normalized spacial score (nSPS) is 11.4. The van der Waals surface area contributed by atoms with E-state index in [1.807, 2.05) is 6.07 Å². The van der Waals surface area contributed by atoms with E-state index in [2.05, 4.69) is 15.0 Å². The number of aromatic amines is 1. The molecule has 0 amide bonds. The lowest BCUT2D eigenvalue weighted by Gasteiger charge is -2.09. The molecule has 0 fully saturated rings. The van der Waals surface area contributed by atoms with Crippen LogP contribution in [0.5, 0.6) is 5.75 Å². The number of non-ortho nitro benzene ring substituents is 1. The molecule has 3 heterocycles. The van der Waals surface area contributed by atoms with E-state index in [1.54, 1.807) is 54.9 Å². The number of nitrogens with one attached hydrogen (secondary N) is 1. The van der Waals surface area contributed by atoms with E-state index >= 15 is 0 Å². The van der Waals surface area contributed by atoms with Crippen molar-refractivity contribution >= 4 is 38.6 Å². The summed E-state index contributed by atoms with van der Waals surface area (Å²) in [5.74, 6) is -0.225. The molecule has 0 atom stereocenters. The Labute approximate surface area is 190 Å². The molecule has 2 N–H and O–H groups in total. The average Bonchev–Trinajstić information content (AvgIpc) is 3.24. The number of rotatable bonds is 3. The average molecular weight is 450 g/mol. The molecule has 9 nitrogen and oxygen atoms in total. The van der Waals surface area contributed by atoms with Crippen molar-refractivity contribution in [2.75, 3.05) is 0 Å². The summed E-state index contributed by atoms with van der Waals surface area (Å²) in [7, 11) is 0. The highest BCUT2D eigenvalue weighted by Gasteiger charge is 2.25. The Morgan fingerprint density at radius 3 is 2.50 bits per heavy atom. The van der Waals surface area contributed by atoms with Gasteiger partial charge >= 0.3 is 5.63 Å². The Morgan fingerprint density at radius 1 is 0.941 bits per heavy atom. The number of nitro benzene ring substituents is 1. The van der Waals surface area contributed by atoms with Crippen molar-refractivity contribution in [2.24, 2.45) is 0 Å². The minimum Gasteiger partial charge on any atom is -0.506 e. The number of hydrogen-bond acceptors (Lipinski definition) is 7. The number of nitrogens with zero attached hydrogens (tertiary/aromatic N) is 3. The number of para-hydroxylation sites is 1. The summed E-state index contributed by atoms with van der Waals surface area (Å²) in [5, 5.41) is 23.3. The van der Waals surface area contributed by atoms with Gasteiger partial charge in [-0.1, -0.05) is 12.1 Å². The van der Waals surface area contributed by atoms with Gasteiger partial charge in [0.1, 0.15) is 16.9 Å². The van der Waals surface area contributed by atoms with Crippen molar-refractivity contribution in [3.63, 3.8) is 0 Å². The smallest absolute Gasteiger partial charge is 0.348 e. The molecule has 6 rings (SSSR count). The van der Waals surface area contributed by atoms with Crippen LogP contribution in [0.15, 0.2) is 82.3 Å². The molecule has 0 aliphatic rings. The quantitative estimate of drug-likeness (QED) is 0.216. The van der Waals surface area contributed by atoms with Gasteiger partial charge in [0.2, 0.25) is 0 Å². The van der Waals surface area contributed by atoms with Gasteiger partial charge in [0.25, 0.3) is 5.69 Å². The fourth-order valence-corrected chi connectivity index (χ4v) is 4.29. The van der Waals surface area contributed by atoms with Crippen molar-refractivity contribution in [3.8, 4) is 28.1 Å². The van der Waals surface area contributed by atoms with Gasteiger partial charge in [-0.15, -0.1) is 0 Å². The lowest BCUT2D eigenvalue weighted by atomic mass is 9.97. The van der Waals surface area contributed by atoms with Crippen LogP contribution >= 0.6 is 0 Å². The van der Waals surface area contributed by atoms with Crippen LogP contribution in [-0.2, 0) is 0 Å². The molecule has 3 aromatic heterocycles. The molecule has 3 aromatic carbocycles. The summed E-state index contributed by atoms with van der Waals surface area (Å²) in [6.45, 7) is 0. The van der Waals surface area contributed by atoms with E-state index in [1.165, 1.54) is 12.1 Å². The second-order valence-electron chi connectivity index (χ2n) is 7.70. The second kappa shape index (κ2) is 7.24. The third-order valence-electron chi connectivity index (χ3n) is 5.80. The predicted octanol–water partition coefficient (Wildman–Crippen LogP) is 5.17. The maximum Gasteiger partial charge on any atom is 0.348 e. The number of aromatic hydroxyl groups is 1. The van der Waals surface area contributed by atoms with Crippen LogP contribution in [-0.4, -0.2) is 25.0 Å². The summed E-state index contributed by atoms with van der Waals surface area (Å²) < 4.78 is 5.55. The fraction of sp³-hybridized carbons (Fsp3) is 0. The van der Waals surface area contributed by atoms with E-state index in [4.69, 9.17) is 4.42 Å². The van der Waals surface area contributed by atoms with E-state index in [9.17, 15) is 20.0 Å². The Balaban J connectivity index is 1.78. The van der Waals surface area contributed by atoms with Gasteiger partial charge in [-0.2, -0.15) is 0 Å². The third kappa shape index (κ3) is 2.84. The number of H-pyrrole nitrogens is 1. The minimum atomic E-state index is -0.721. The van der Waals surface area contributed by atoms with Gasteiger partial charge in [-0.25, -0.2) is 4.79 Å². The molecule has 6 aromatic rings. The number of nitro groups is 1. The van der Waals surface area contributed by atoms with Gasteiger partial charge in [-0.3, -0.25) is 20.1 Å². The zero-order valence-electron chi connectivity index (χ0n) is 17.4. The molecule has 0 spiro atoms. The number of benzene rings is 3. The molecular weight excluding hydrogens is 436 g/mol. The minimum absolute atomic E-state index is 0.0311. The molecular formula is C25H14N4O5. The van der Waals surface area contributed by atoms with Crippen molar-refractivity contribution in [1.29, 1.82) is 0 Å². The summed E-state index contributed by atoms with van der Waals surface area (Å²) in [5.41, 5.74) is 2.69. The van der Waals surface area contributed by atoms with Crippen LogP contribution in [0.3, 0.4) is 0 Å². The van der Waals surface area contributed by atoms with Gasteiger partial charge in [0.15, 0.2) is 0 Å². The zero-order valence-corrected chi connectivity index (χ0v) is 17.4. The molecule has 0 bridgehead atoms. The number of hydrogen-bond donors (Lipinski definition) is 2. The van der Waals surface area contributed by atoms with Crippen LogP contribution in [0.2, 0.25) is 0 Å². The Morgan fingerprint density at radius 2 is 1.71 bits per heavy atom. The lowest BCUT2D eigenvalue weighted by molar-refractivity contribution is -0.384. The molecule has 0 saturated heterocycles. The molecule has 0 unspecified atom stereocenters. The molecule has 0 aliphatic carbocycles. The second-order valence-corrected chi connectivity index (χ2v) is 7.70. The third-order valence-corrected chi connectivity index (χ3v) is 5.80. The van der Waals surface area contributed by atoms with Crippen LogP contribution in [0.1, 0.15) is 0 Å². The number of aromatic nitrogens is 3. The van der Waals surface area contributed by atoms with Crippen molar-refractivity contribution < 1.29 is 14.4 Å². The van der Waals surface area contributed by atoms with Gasteiger partial charge in [0.05, 0.1) is 27.0 Å². The SMILES string of the molecule is O=c1oc2ccccc2c(O)c1-c1c(-c2ccc([N+](=O)[O-])cc2)[nH]c2ccc3nccnc3c12. The highest BCUT2D eigenvalue weighted by Crippen LogP contribution is 2.44. The van der Waals surface area contributed by atoms with Crippen molar-refractivity contribution in [1.82, 2.24) is 15.0 Å². The van der Waals surface area contributed by atoms with Gasteiger partial charge < -0.3 is 14.5 Å². The largest absolute Gasteiger partial charge is 0.506 e. The first-order chi connectivity index (χ1) is 16.5. The summed E-state index contributed by atoms with van der Waals surface area (Å²) >= 11 is 0. The standard InChI is InChI=1S/C25H14N4O5/c30-24-15-3-1-2-4-18(15)34-25(31)21(24)20-19-16(9-10-17-23(19)27-12-11-26-17)28-22(20)13-5-7-14(8-6-13)29(32)33/h1-12,28,30H. The topological polar surface area (TPSA) is 135 Å². The maximum atomic E-state index is 13.2. The first-order valence-corrected chi connectivity index (χ1v) is 10.3. The van der Waals surface area contributed by atoms with Crippen molar-refractivity contribution in [3.05, 3.63) is 93.6 Å². The van der Waals surface area contributed by atoms with E-state index in [0.717, 1.165) is 0 Å². The van der Waals surface area contributed by atoms with E-state index in [0.29, 0.717) is 44.1 Å². The van der Waals surface area contributed by atoms with Gasteiger partial charge in [0, 0.05) is 41.0 Å². The van der Waals surface area contributed by atoms with Crippen LogP contribution < -0.4 is 5.63 Å². The lowest BCUT2D eigenvalue weighted by Crippen LogP contribution is -2.04. The Hall–Kier alpha value is -5.05. The fourth-order valence-electron chi connectivity index (χ4n) is 4.29. The molecule has 0 aliphatic heterocycles. The van der Waals surface area contributed by atoms with Gasteiger partial charge in [-0.05, 0) is 42.0 Å². The first-order valence-electron chi connectivity index (χ1n) is 10.3. The summed E-state index contributed by atoms with van der Waals surface area (Å²) in [6.07, 6.45) is 3.12. The van der Waals surface area contributed by atoms with Crippen LogP contribution in [0.4, 0.5) is 5.69 Å². The predicted molar refractivity (Wildman–Crippen MR) is 127 cm³/mol. The maximum absolute atomic E-state index is 13.2. The Bertz CT molecular complexity index is 1820. The summed E-state index contributed by atoms with van der Waals surface area (Å²) in [6, 6.07) is 16.2. The monoisotopic (exact) mass is 450 g/mol. The van der Waals surface area contributed by atoms with Crippen molar-refractivity contribution in [2.45, 2.75) is 0 Å². The van der Waals surface area contributed by atoms with E-state index < -0.39 is 10.5 Å². The van der Waals surface area contributed by atoms with E-state index in [-0.39, 0.29) is 22.6 Å². The van der Waals surface area contributed by atoms with Crippen LogP contribution in [0.25, 0.3) is 55.3 Å². The summed E-state index contributed by atoms with van der Waals surface area (Å²) in [4.78, 5) is 36.0. The highest BCUT2D eigenvalue weighted by molar-refractivity contribution is 6.16. The number of fused-ring (bicyclic) bond motifs is 4. The first kappa shape index (κ1) is 19.6. The Kier molecular flexibility index (Phi) is 4.18. The molecule has 0 saturated carbocycles. The molecule has 34 heavy (non-hydrogen) atoms. The molecule has 0 radical (unpaired) electrons.